The van der Waals surface area contributed by atoms with Gasteiger partial charge in [0.1, 0.15) is 6.04 Å². The lowest BCUT2D eigenvalue weighted by molar-refractivity contribution is -0.142. The summed E-state index contributed by atoms with van der Waals surface area (Å²) in [4.78, 5) is 37.9. The number of nitrogens with one attached hydrogen (secondary N) is 1. The van der Waals surface area contributed by atoms with Crippen LogP contribution in [-0.2, 0) is 9.59 Å². The van der Waals surface area contributed by atoms with Gasteiger partial charge in [0.25, 0.3) is 0 Å². The number of urea groups is 1. The average molecular weight is 285 g/mol. The van der Waals surface area contributed by atoms with Crippen molar-refractivity contribution in [2.45, 2.75) is 31.3 Å². The molecule has 0 aromatic heterocycles. The van der Waals surface area contributed by atoms with Crippen LogP contribution in [0.4, 0.5) is 4.79 Å². The zero-order chi connectivity index (χ0) is 14.7. The quantitative estimate of drug-likeness (QED) is 0.606. The van der Waals surface area contributed by atoms with E-state index in [0.717, 1.165) is 12.8 Å². The van der Waals surface area contributed by atoms with Crippen LogP contribution >= 0.6 is 0 Å². The largest absolute Gasteiger partial charge is 0.481 e. The smallest absolute Gasteiger partial charge is 0.321 e. The Hall–Kier alpha value is -1.83. The summed E-state index contributed by atoms with van der Waals surface area (Å²) >= 11 is 0. The van der Waals surface area contributed by atoms with E-state index in [1.54, 1.807) is 0 Å². The van der Waals surface area contributed by atoms with E-state index in [-0.39, 0.29) is 25.2 Å². The molecule has 3 amide bonds. The number of piperazine rings is 1. The highest BCUT2D eigenvalue weighted by atomic mass is 16.4. The van der Waals surface area contributed by atoms with Gasteiger partial charge in [0.2, 0.25) is 5.91 Å². The van der Waals surface area contributed by atoms with Crippen molar-refractivity contribution in [2.75, 3.05) is 26.2 Å². The second-order valence-electron chi connectivity index (χ2n) is 5.05. The molecule has 2 unspecified atom stereocenters. The van der Waals surface area contributed by atoms with E-state index in [4.69, 9.17) is 5.11 Å². The van der Waals surface area contributed by atoms with Gasteiger partial charge in [-0.15, -0.1) is 0 Å². The Morgan fingerprint density at radius 1 is 1.30 bits per heavy atom. The van der Waals surface area contributed by atoms with Gasteiger partial charge in [-0.05, 0) is 12.8 Å². The molecule has 0 bridgehead atoms. The van der Waals surface area contributed by atoms with Gasteiger partial charge >= 0.3 is 12.0 Å². The lowest BCUT2D eigenvalue weighted by atomic mass is 10.1. The summed E-state index contributed by atoms with van der Waals surface area (Å²) in [7, 11) is 0. The molecule has 2 atom stereocenters. The van der Waals surface area contributed by atoms with Crippen LogP contribution in [0.5, 0.6) is 0 Å². The van der Waals surface area contributed by atoms with Crippen molar-refractivity contribution in [3.63, 3.8) is 0 Å². The number of likely N-dealkylation sites (tertiary alicyclic amines) is 1. The van der Waals surface area contributed by atoms with Crippen molar-refractivity contribution in [3.05, 3.63) is 0 Å². The minimum atomic E-state index is -1.12. The minimum Gasteiger partial charge on any atom is -0.481 e. The molecule has 20 heavy (non-hydrogen) atoms. The van der Waals surface area contributed by atoms with Gasteiger partial charge in [0.05, 0.1) is 19.1 Å². The van der Waals surface area contributed by atoms with E-state index in [0.29, 0.717) is 13.1 Å². The maximum absolute atomic E-state index is 12.5. The lowest BCUT2D eigenvalue weighted by Crippen LogP contribution is -2.61. The number of aliphatic hydroxyl groups is 1. The van der Waals surface area contributed by atoms with Crippen molar-refractivity contribution in [2.24, 2.45) is 0 Å². The van der Waals surface area contributed by atoms with Crippen LogP contribution in [0.15, 0.2) is 0 Å². The Morgan fingerprint density at radius 2 is 2.05 bits per heavy atom. The first-order chi connectivity index (χ1) is 9.54. The highest BCUT2D eigenvalue weighted by Crippen LogP contribution is 2.21. The Bertz CT molecular complexity index is 414. The number of carbonyl (C=O) groups excluding carboxylic acids is 2. The Labute approximate surface area is 116 Å². The van der Waals surface area contributed by atoms with Crippen LogP contribution in [0, 0.1) is 0 Å². The SMILES string of the molecule is O=C(O)CC1C(=O)NCCN1C(=O)N1CCCC1CO. The molecular formula is C12H19N3O5. The molecule has 2 aliphatic rings. The van der Waals surface area contributed by atoms with E-state index < -0.39 is 24.3 Å². The summed E-state index contributed by atoms with van der Waals surface area (Å²) in [6.45, 7) is 1.02. The maximum Gasteiger partial charge on any atom is 0.321 e. The molecule has 8 heteroatoms. The molecule has 0 aromatic carbocycles. The summed E-state index contributed by atoms with van der Waals surface area (Å²) in [5, 5.41) is 20.7. The fourth-order valence-electron chi connectivity index (χ4n) is 2.75. The summed E-state index contributed by atoms with van der Waals surface area (Å²) in [6.07, 6.45) is 1.13. The van der Waals surface area contributed by atoms with Crippen molar-refractivity contribution < 1.29 is 24.6 Å². The third-order valence-electron chi connectivity index (χ3n) is 3.78. The number of rotatable bonds is 3. The Morgan fingerprint density at radius 3 is 2.70 bits per heavy atom. The van der Waals surface area contributed by atoms with Gasteiger partial charge in [0.15, 0.2) is 0 Å². The topological polar surface area (TPSA) is 110 Å². The summed E-state index contributed by atoms with van der Waals surface area (Å²) in [5.41, 5.74) is 0. The van der Waals surface area contributed by atoms with Crippen LogP contribution in [-0.4, -0.2) is 76.2 Å². The van der Waals surface area contributed by atoms with Crippen LogP contribution in [0.25, 0.3) is 0 Å². The van der Waals surface area contributed by atoms with Crippen molar-refractivity contribution in [1.82, 2.24) is 15.1 Å². The molecule has 0 aromatic rings. The van der Waals surface area contributed by atoms with Crippen molar-refractivity contribution in [1.29, 1.82) is 0 Å². The van der Waals surface area contributed by atoms with Crippen LogP contribution in [0.3, 0.4) is 0 Å². The van der Waals surface area contributed by atoms with Gasteiger partial charge in [-0.3, -0.25) is 9.59 Å². The maximum atomic E-state index is 12.5. The van der Waals surface area contributed by atoms with Crippen LogP contribution < -0.4 is 5.32 Å². The van der Waals surface area contributed by atoms with E-state index >= 15 is 0 Å². The number of carboxylic acids is 1. The number of aliphatic hydroxyl groups excluding tert-OH is 1. The second kappa shape index (κ2) is 6.08. The lowest BCUT2D eigenvalue weighted by Gasteiger charge is -2.38. The van der Waals surface area contributed by atoms with Gasteiger partial charge in [0, 0.05) is 19.6 Å². The summed E-state index contributed by atoms with van der Waals surface area (Å²) in [6, 6.07) is -1.57. The molecule has 2 heterocycles. The highest BCUT2D eigenvalue weighted by Gasteiger charge is 2.39. The number of carboxylic acid groups (broad SMARTS) is 1. The molecule has 0 aliphatic carbocycles. The van der Waals surface area contributed by atoms with Crippen LogP contribution in [0.1, 0.15) is 19.3 Å². The zero-order valence-corrected chi connectivity index (χ0v) is 11.1. The number of hydrogen-bond acceptors (Lipinski definition) is 4. The molecule has 0 spiro atoms. The molecule has 8 nitrogen and oxygen atoms in total. The summed E-state index contributed by atoms with van der Waals surface area (Å²) < 4.78 is 0. The Balaban J connectivity index is 2.12. The molecule has 2 fully saturated rings. The number of nitrogens with zero attached hydrogens (tertiary/aromatic N) is 2. The first-order valence-corrected chi connectivity index (χ1v) is 6.72. The molecule has 2 saturated heterocycles. The minimum absolute atomic E-state index is 0.116. The van der Waals surface area contributed by atoms with Gasteiger partial charge < -0.3 is 25.3 Å². The molecule has 2 aliphatic heterocycles. The monoisotopic (exact) mass is 285 g/mol. The average Bonchev–Trinajstić information content (AvgIpc) is 2.88. The van der Waals surface area contributed by atoms with E-state index in [1.165, 1.54) is 9.80 Å². The molecule has 3 N–H and O–H groups in total. The van der Waals surface area contributed by atoms with Gasteiger partial charge in [-0.25, -0.2) is 4.79 Å². The number of carbonyl (C=O) groups is 3. The number of aliphatic carboxylic acids is 1. The molecule has 0 radical (unpaired) electrons. The molecule has 112 valence electrons. The van der Waals surface area contributed by atoms with Crippen molar-refractivity contribution in [3.8, 4) is 0 Å². The molecular weight excluding hydrogens is 266 g/mol. The third-order valence-corrected chi connectivity index (χ3v) is 3.78. The van der Waals surface area contributed by atoms with E-state index in [9.17, 15) is 19.5 Å². The zero-order valence-electron chi connectivity index (χ0n) is 11.1. The summed E-state index contributed by atoms with van der Waals surface area (Å²) in [5.74, 6) is -1.56. The van der Waals surface area contributed by atoms with Crippen molar-refractivity contribution >= 4 is 17.9 Å². The van der Waals surface area contributed by atoms with E-state index in [2.05, 4.69) is 5.32 Å². The Kier molecular flexibility index (Phi) is 4.43. The van der Waals surface area contributed by atoms with Crippen LogP contribution in [0.2, 0.25) is 0 Å². The molecule has 0 saturated carbocycles. The predicted octanol–water partition coefficient (Wildman–Crippen LogP) is -1.16. The highest BCUT2D eigenvalue weighted by molar-refractivity contribution is 5.91. The number of hydrogen-bond donors (Lipinski definition) is 3. The fraction of sp³-hybridized carbons (Fsp3) is 0.750. The first kappa shape index (κ1) is 14.6. The van der Waals surface area contributed by atoms with Gasteiger partial charge in [-0.1, -0.05) is 0 Å². The third kappa shape index (κ3) is 2.84. The fourth-order valence-corrected chi connectivity index (χ4v) is 2.75. The normalized spacial score (nSPS) is 26.6. The van der Waals surface area contributed by atoms with Gasteiger partial charge in [-0.2, -0.15) is 0 Å². The first-order valence-electron chi connectivity index (χ1n) is 6.72. The van der Waals surface area contributed by atoms with E-state index in [1.807, 2.05) is 0 Å². The molecule has 2 rings (SSSR count). The predicted molar refractivity (Wildman–Crippen MR) is 68.0 cm³/mol. The second-order valence-corrected chi connectivity index (χ2v) is 5.05. The standard InChI is InChI=1S/C12H19N3O5/c16-7-8-2-1-4-14(8)12(20)15-5-3-13-11(19)9(15)6-10(17)18/h8-9,16H,1-7H2,(H,13,19)(H,17,18). The number of amides is 3.